The number of thioether (sulfide) groups is 1. The van der Waals surface area contributed by atoms with Crippen molar-refractivity contribution in [2.45, 2.75) is 23.3 Å². The first-order valence-corrected chi connectivity index (χ1v) is 7.54. The highest BCUT2D eigenvalue weighted by Crippen LogP contribution is 2.48. The number of hydrogen-bond donors (Lipinski definition) is 0. The van der Waals surface area contributed by atoms with E-state index in [1.165, 1.54) is 11.1 Å². The number of rotatable bonds is 2. The van der Waals surface area contributed by atoms with Crippen molar-refractivity contribution in [2.24, 2.45) is 0 Å². The van der Waals surface area contributed by atoms with Crippen LogP contribution in [0.2, 0.25) is 0 Å². The molecule has 2 atom stereocenters. The molecule has 0 bridgehead atoms. The van der Waals surface area contributed by atoms with Crippen LogP contribution in [0.25, 0.3) is 0 Å². The Morgan fingerprint density at radius 3 is 1.58 bits per heavy atom. The SMILES string of the molecule is O=C1C[C@@H](c2ccccc2)S[C@@H](c2ccccc2)C1. The van der Waals surface area contributed by atoms with Gasteiger partial charge in [0.15, 0.2) is 0 Å². The summed E-state index contributed by atoms with van der Waals surface area (Å²) >= 11 is 1.92. The van der Waals surface area contributed by atoms with Crippen molar-refractivity contribution in [2.75, 3.05) is 0 Å². The quantitative estimate of drug-likeness (QED) is 0.794. The van der Waals surface area contributed by atoms with Gasteiger partial charge < -0.3 is 0 Å². The van der Waals surface area contributed by atoms with Crippen LogP contribution in [0.15, 0.2) is 60.7 Å². The molecule has 1 heterocycles. The number of benzene rings is 2. The molecule has 1 aliphatic heterocycles. The number of hydrogen-bond acceptors (Lipinski definition) is 2. The lowest BCUT2D eigenvalue weighted by Gasteiger charge is -2.28. The third kappa shape index (κ3) is 2.90. The zero-order valence-electron chi connectivity index (χ0n) is 10.7. The monoisotopic (exact) mass is 268 g/mol. The Kier molecular flexibility index (Phi) is 3.69. The van der Waals surface area contributed by atoms with E-state index in [2.05, 4.69) is 24.3 Å². The number of carbonyl (C=O) groups excluding carboxylic acids is 1. The minimum Gasteiger partial charge on any atom is -0.300 e. The smallest absolute Gasteiger partial charge is 0.135 e. The van der Waals surface area contributed by atoms with E-state index >= 15 is 0 Å². The van der Waals surface area contributed by atoms with E-state index in [1.807, 2.05) is 48.2 Å². The van der Waals surface area contributed by atoms with Crippen molar-refractivity contribution in [3.05, 3.63) is 71.8 Å². The molecule has 1 fully saturated rings. The Labute approximate surface area is 118 Å². The molecule has 19 heavy (non-hydrogen) atoms. The van der Waals surface area contributed by atoms with E-state index < -0.39 is 0 Å². The Morgan fingerprint density at radius 2 is 1.16 bits per heavy atom. The molecule has 0 aromatic heterocycles. The molecule has 0 N–H and O–H groups in total. The third-order valence-corrected chi connectivity index (χ3v) is 5.03. The van der Waals surface area contributed by atoms with Crippen LogP contribution in [0.4, 0.5) is 0 Å². The Hall–Kier alpha value is -1.54. The summed E-state index contributed by atoms with van der Waals surface area (Å²) in [4.78, 5) is 12.0. The van der Waals surface area contributed by atoms with Crippen LogP contribution in [0.3, 0.4) is 0 Å². The molecule has 96 valence electrons. The van der Waals surface area contributed by atoms with Crippen LogP contribution in [-0.4, -0.2) is 5.78 Å². The zero-order valence-corrected chi connectivity index (χ0v) is 11.5. The van der Waals surface area contributed by atoms with Gasteiger partial charge >= 0.3 is 0 Å². The lowest BCUT2D eigenvalue weighted by Crippen LogP contribution is -2.15. The van der Waals surface area contributed by atoms with Crippen LogP contribution in [-0.2, 0) is 4.79 Å². The first kappa shape index (κ1) is 12.5. The summed E-state index contributed by atoms with van der Waals surface area (Å²) < 4.78 is 0. The summed E-state index contributed by atoms with van der Waals surface area (Å²) in [7, 11) is 0. The van der Waals surface area contributed by atoms with Gasteiger partial charge in [-0.1, -0.05) is 60.7 Å². The highest BCUT2D eigenvalue weighted by Gasteiger charge is 2.29. The molecule has 1 saturated heterocycles. The predicted octanol–water partition coefficient (Wildman–Crippen LogP) is 4.57. The van der Waals surface area contributed by atoms with Crippen molar-refractivity contribution >= 4 is 17.5 Å². The predicted molar refractivity (Wildman–Crippen MR) is 80.2 cm³/mol. The fraction of sp³-hybridized carbons (Fsp3) is 0.235. The van der Waals surface area contributed by atoms with E-state index in [0.717, 1.165) is 0 Å². The maximum atomic E-state index is 12.0. The molecule has 0 spiro atoms. The van der Waals surface area contributed by atoms with Gasteiger partial charge in [0.1, 0.15) is 5.78 Å². The largest absolute Gasteiger partial charge is 0.300 e. The topological polar surface area (TPSA) is 17.1 Å². The van der Waals surface area contributed by atoms with Gasteiger partial charge in [0.05, 0.1) is 0 Å². The summed E-state index contributed by atoms with van der Waals surface area (Å²) in [5.41, 5.74) is 2.53. The average molecular weight is 268 g/mol. The molecule has 1 aliphatic rings. The standard InChI is InChI=1S/C17H16OS/c18-15-11-16(13-7-3-1-4-8-13)19-17(12-15)14-9-5-2-6-10-14/h1-10,16-17H,11-12H2/t16-,17+. The summed E-state index contributed by atoms with van der Waals surface area (Å²) in [5.74, 6) is 0.376. The van der Waals surface area contributed by atoms with Gasteiger partial charge in [-0.25, -0.2) is 0 Å². The maximum absolute atomic E-state index is 12.0. The van der Waals surface area contributed by atoms with Crippen molar-refractivity contribution in [1.29, 1.82) is 0 Å². The van der Waals surface area contributed by atoms with Crippen molar-refractivity contribution in [1.82, 2.24) is 0 Å². The average Bonchev–Trinajstić information content (AvgIpc) is 2.48. The van der Waals surface area contributed by atoms with Gasteiger partial charge in [-0.2, -0.15) is 0 Å². The summed E-state index contributed by atoms with van der Waals surface area (Å²) in [5, 5.41) is 0.598. The molecule has 3 rings (SSSR count). The van der Waals surface area contributed by atoms with Gasteiger partial charge in [-0.05, 0) is 11.1 Å². The van der Waals surface area contributed by atoms with Crippen LogP contribution in [0.1, 0.15) is 34.5 Å². The van der Waals surface area contributed by atoms with Crippen LogP contribution >= 0.6 is 11.8 Å². The molecular weight excluding hydrogens is 252 g/mol. The summed E-state index contributed by atoms with van der Waals surface area (Å²) in [6.45, 7) is 0. The zero-order chi connectivity index (χ0) is 13.1. The van der Waals surface area contributed by atoms with Crippen molar-refractivity contribution in [3.8, 4) is 0 Å². The highest BCUT2D eigenvalue weighted by molar-refractivity contribution is 7.99. The number of ketones is 1. The molecule has 2 aromatic rings. The first-order valence-electron chi connectivity index (χ1n) is 6.60. The third-order valence-electron chi connectivity index (χ3n) is 3.50. The molecule has 0 radical (unpaired) electrons. The van der Waals surface area contributed by atoms with Crippen molar-refractivity contribution < 1.29 is 4.79 Å². The van der Waals surface area contributed by atoms with Gasteiger partial charge in [0, 0.05) is 23.3 Å². The van der Waals surface area contributed by atoms with Gasteiger partial charge in [0.2, 0.25) is 0 Å². The molecule has 0 aliphatic carbocycles. The van der Waals surface area contributed by atoms with Crippen LogP contribution < -0.4 is 0 Å². The molecule has 0 amide bonds. The maximum Gasteiger partial charge on any atom is 0.135 e. The number of carbonyl (C=O) groups is 1. The van der Waals surface area contributed by atoms with E-state index in [4.69, 9.17) is 0 Å². The Balaban J connectivity index is 1.84. The van der Waals surface area contributed by atoms with E-state index in [9.17, 15) is 4.79 Å². The second kappa shape index (κ2) is 5.62. The van der Waals surface area contributed by atoms with Crippen LogP contribution in [0.5, 0.6) is 0 Å². The van der Waals surface area contributed by atoms with Gasteiger partial charge in [-0.3, -0.25) is 4.79 Å². The molecule has 2 aromatic carbocycles. The van der Waals surface area contributed by atoms with Crippen LogP contribution in [0, 0.1) is 0 Å². The summed E-state index contributed by atoms with van der Waals surface area (Å²) in [6.07, 6.45) is 1.33. The highest BCUT2D eigenvalue weighted by atomic mass is 32.2. The fourth-order valence-corrected chi connectivity index (χ4v) is 4.11. The minimum atomic E-state index is 0.299. The van der Waals surface area contributed by atoms with E-state index in [1.54, 1.807) is 0 Å². The fourth-order valence-electron chi connectivity index (χ4n) is 2.52. The minimum absolute atomic E-state index is 0.299. The number of Topliss-reactive ketones (excluding diaryl/α,β-unsaturated/α-hetero) is 1. The molecule has 2 heteroatoms. The summed E-state index contributed by atoms with van der Waals surface area (Å²) in [6, 6.07) is 20.7. The molecule has 1 nitrogen and oxygen atoms in total. The molecule has 0 unspecified atom stereocenters. The van der Waals surface area contributed by atoms with Gasteiger partial charge in [0.25, 0.3) is 0 Å². The second-order valence-corrected chi connectivity index (χ2v) is 6.29. The van der Waals surface area contributed by atoms with E-state index in [-0.39, 0.29) is 0 Å². The molecular formula is C17H16OS. The second-order valence-electron chi connectivity index (χ2n) is 4.88. The van der Waals surface area contributed by atoms with E-state index in [0.29, 0.717) is 29.1 Å². The lowest BCUT2D eigenvalue weighted by atomic mass is 10.0. The normalized spacial score (nSPS) is 23.3. The lowest BCUT2D eigenvalue weighted by molar-refractivity contribution is -0.119. The first-order chi connectivity index (χ1) is 9.33. The van der Waals surface area contributed by atoms with Crippen molar-refractivity contribution in [3.63, 3.8) is 0 Å². The molecule has 0 saturated carbocycles. The Morgan fingerprint density at radius 1 is 0.737 bits per heavy atom. The van der Waals surface area contributed by atoms with Gasteiger partial charge in [-0.15, -0.1) is 11.8 Å². The Bertz CT molecular complexity index is 500.